The quantitative estimate of drug-likeness (QED) is 0.174. The van der Waals surface area contributed by atoms with Crippen LogP contribution in [0.3, 0.4) is 0 Å². The molecule has 0 unspecified atom stereocenters. The van der Waals surface area contributed by atoms with E-state index < -0.39 is 0 Å². The highest BCUT2D eigenvalue weighted by Gasteiger charge is 2.20. The number of hydrogen-bond donors (Lipinski definition) is 0. The zero-order valence-corrected chi connectivity index (χ0v) is 33.2. The molecular weight excluding hydrogens is 759 g/mol. The summed E-state index contributed by atoms with van der Waals surface area (Å²) in [5, 5.41) is 11.2. The molecule has 62 heavy (non-hydrogen) atoms. The SMILES string of the molecule is c1ccc2cc(-c3ccc4c(c3)oc3cccc(-c5nc(-c6ccc(-c7cccc8ccccc78)cc6)nc(-c6ccc7c(ccc8oc9ccccc9c87)c6)n5)c34)ccc2c1. The Balaban J connectivity index is 0.975. The molecule has 0 saturated heterocycles. The third-order valence-corrected chi connectivity index (χ3v) is 12.3. The maximum atomic E-state index is 6.61. The highest BCUT2D eigenvalue weighted by molar-refractivity contribution is 6.19. The largest absolute Gasteiger partial charge is 0.456 e. The highest BCUT2D eigenvalue weighted by Crippen LogP contribution is 2.40. The molecule has 13 aromatic rings. The van der Waals surface area contributed by atoms with Crippen LogP contribution in [0, 0.1) is 0 Å². The molecule has 0 aliphatic carbocycles. The lowest BCUT2D eigenvalue weighted by molar-refractivity contribution is 0.669. The van der Waals surface area contributed by atoms with Crippen LogP contribution in [0.4, 0.5) is 0 Å². The summed E-state index contributed by atoms with van der Waals surface area (Å²) >= 11 is 0. The predicted octanol–water partition coefficient (Wildman–Crippen LogP) is 15.5. The fourth-order valence-electron chi connectivity index (χ4n) is 9.28. The maximum Gasteiger partial charge on any atom is 0.164 e. The van der Waals surface area contributed by atoms with Crippen LogP contribution in [-0.2, 0) is 0 Å². The fraction of sp³-hybridized carbons (Fsp3) is 0. The Bertz CT molecular complexity index is 3930. The number of fused-ring (bicyclic) bond motifs is 10. The summed E-state index contributed by atoms with van der Waals surface area (Å²) < 4.78 is 12.8. The van der Waals surface area contributed by atoms with Crippen molar-refractivity contribution in [3.63, 3.8) is 0 Å². The topological polar surface area (TPSA) is 65.0 Å². The summed E-state index contributed by atoms with van der Waals surface area (Å²) in [5.74, 6) is 1.76. The molecule has 0 bridgehead atoms. The number of aromatic nitrogens is 3. The lowest BCUT2D eigenvalue weighted by atomic mass is 9.97. The van der Waals surface area contributed by atoms with Gasteiger partial charge in [-0.1, -0.05) is 158 Å². The first-order valence-corrected chi connectivity index (χ1v) is 20.8. The maximum absolute atomic E-state index is 6.61. The first kappa shape index (κ1) is 34.5. The first-order chi connectivity index (χ1) is 30.7. The van der Waals surface area contributed by atoms with E-state index in [1.807, 2.05) is 24.3 Å². The van der Waals surface area contributed by atoms with Gasteiger partial charge in [-0.15, -0.1) is 0 Å². The molecule has 288 valence electrons. The number of nitrogens with zero attached hydrogens (tertiary/aromatic N) is 3. The fourth-order valence-corrected chi connectivity index (χ4v) is 9.28. The number of benzene rings is 10. The molecular formula is C57H33N3O2. The monoisotopic (exact) mass is 791 g/mol. The lowest BCUT2D eigenvalue weighted by Crippen LogP contribution is -2.00. The van der Waals surface area contributed by atoms with Gasteiger partial charge < -0.3 is 8.83 Å². The average Bonchev–Trinajstić information content (AvgIpc) is 3.92. The zero-order valence-electron chi connectivity index (χ0n) is 33.2. The van der Waals surface area contributed by atoms with E-state index in [2.05, 4.69) is 176 Å². The van der Waals surface area contributed by atoms with E-state index in [0.717, 1.165) is 88.0 Å². The van der Waals surface area contributed by atoms with Gasteiger partial charge in [0.1, 0.15) is 22.3 Å². The van der Waals surface area contributed by atoms with Gasteiger partial charge in [0.25, 0.3) is 0 Å². The van der Waals surface area contributed by atoms with Crippen LogP contribution < -0.4 is 0 Å². The van der Waals surface area contributed by atoms with E-state index in [1.165, 1.54) is 27.1 Å². The summed E-state index contributed by atoms with van der Waals surface area (Å²) in [7, 11) is 0. The Labute approximate surface area is 355 Å². The van der Waals surface area contributed by atoms with Gasteiger partial charge >= 0.3 is 0 Å². The average molecular weight is 792 g/mol. The summed E-state index contributed by atoms with van der Waals surface area (Å²) in [4.78, 5) is 15.7. The van der Waals surface area contributed by atoms with Crippen molar-refractivity contribution in [1.82, 2.24) is 15.0 Å². The van der Waals surface area contributed by atoms with Crippen LogP contribution in [0.1, 0.15) is 0 Å². The number of hydrogen-bond acceptors (Lipinski definition) is 5. The molecule has 0 saturated carbocycles. The summed E-state index contributed by atoms with van der Waals surface area (Å²) in [6.07, 6.45) is 0. The van der Waals surface area contributed by atoms with Crippen molar-refractivity contribution >= 4 is 76.2 Å². The van der Waals surface area contributed by atoms with Crippen molar-refractivity contribution < 1.29 is 8.83 Å². The second kappa shape index (κ2) is 13.6. The molecule has 0 aliphatic rings. The van der Waals surface area contributed by atoms with Gasteiger partial charge in [0.15, 0.2) is 17.5 Å². The Morgan fingerprint density at radius 2 is 0.806 bits per heavy atom. The summed E-state index contributed by atoms with van der Waals surface area (Å²) in [6, 6.07) is 69.9. The van der Waals surface area contributed by atoms with Crippen LogP contribution in [0.15, 0.2) is 209 Å². The van der Waals surface area contributed by atoms with Crippen molar-refractivity contribution in [3.8, 4) is 56.4 Å². The number of para-hydroxylation sites is 1. The molecule has 5 heteroatoms. The summed E-state index contributed by atoms with van der Waals surface area (Å²) in [6.45, 7) is 0. The Hall–Kier alpha value is -8.41. The van der Waals surface area contributed by atoms with Gasteiger partial charge in [-0.05, 0) is 97.0 Å². The lowest BCUT2D eigenvalue weighted by Gasteiger charge is -2.11. The third kappa shape index (κ3) is 5.52. The predicted molar refractivity (Wildman–Crippen MR) is 254 cm³/mol. The zero-order chi connectivity index (χ0) is 40.7. The molecule has 0 amide bonds. The van der Waals surface area contributed by atoms with Gasteiger partial charge in [-0.3, -0.25) is 0 Å². The number of rotatable bonds is 5. The highest BCUT2D eigenvalue weighted by atomic mass is 16.3. The van der Waals surface area contributed by atoms with Crippen LogP contribution >= 0.6 is 0 Å². The molecule has 0 radical (unpaired) electrons. The molecule has 0 N–H and O–H groups in total. The van der Waals surface area contributed by atoms with Gasteiger partial charge in [0.2, 0.25) is 0 Å². The molecule has 13 rings (SSSR count). The van der Waals surface area contributed by atoms with Crippen LogP contribution in [0.5, 0.6) is 0 Å². The van der Waals surface area contributed by atoms with Gasteiger partial charge in [-0.25, -0.2) is 15.0 Å². The van der Waals surface area contributed by atoms with Gasteiger partial charge in [-0.2, -0.15) is 0 Å². The van der Waals surface area contributed by atoms with Crippen LogP contribution in [0.25, 0.3) is 133 Å². The molecule has 0 fully saturated rings. The van der Waals surface area contributed by atoms with Crippen molar-refractivity contribution in [2.45, 2.75) is 0 Å². The number of furan rings is 2. The van der Waals surface area contributed by atoms with Crippen LogP contribution in [0.2, 0.25) is 0 Å². The van der Waals surface area contributed by atoms with Crippen molar-refractivity contribution in [3.05, 3.63) is 200 Å². The van der Waals surface area contributed by atoms with Gasteiger partial charge in [0.05, 0.1) is 0 Å². The van der Waals surface area contributed by atoms with E-state index >= 15 is 0 Å². The Morgan fingerprint density at radius 3 is 1.71 bits per heavy atom. The van der Waals surface area contributed by atoms with E-state index in [9.17, 15) is 0 Å². The van der Waals surface area contributed by atoms with E-state index in [0.29, 0.717) is 17.5 Å². The van der Waals surface area contributed by atoms with E-state index in [1.54, 1.807) is 0 Å². The second-order valence-corrected chi connectivity index (χ2v) is 15.9. The molecule has 3 aromatic heterocycles. The van der Waals surface area contributed by atoms with Crippen LogP contribution in [-0.4, -0.2) is 15.0 Å². The molecule has 0 atom stereocenters. The van der Waals surface area contributed by atoms with E-state index in [4.69, 9.17) is 23.8 Å². The van der Waals surface area contributed by atoms with Crippen molar-refractivity contribution in [1.29, 1.82) is 0 Å². The minimum atomic E-state index is 0.575. The molecule has 0 aliphatic heterocycles. The molecule has 3 heterocycles. The van der Waals surface area contributed by atoms with E-state index in [-0.39, 0.29) is 0 Å². The molecule has 0 spiro atoms. The standard InChI is InChI=1S/C57H33N3O2/c1-2-11-38-31-39(24-19-34(38)9-1)40-25-29-47-52(33-40)62-50-18-8-16-48(54(47)50)57-59-55(37-22-20-36(21-23-37)44-15-7-12-35-10-3-4-13-43(35)44)58-56(60-57)42-26-28-45-41(32-42)27-30-51-53(45)46-14-5-6-17-49(46)61-51/h1-33H. The molecule has 10 aromatic carbocycles. The molecule has 5 nitrogen and oxygen atoms in total. The Kier molecular flexibility index (Phi) is 7.54. The first-order valence-electron chi connectivity index (χ1n) is 20.8. The minimum Gasteiger partial charge on any atom is -0.456 e. The van der Waals surface area contributed by atoms with Crippen molar-refractivity contribution in [2.75, 3.05) is 0 Å². The van der Waals surface area contributed by atoms with Gasteiger partial charge in [0, 0.05) is 38.2 Å². The summed E-state index contributed by atoms with van der Waals surface area (Å²) in [5.41, 5.74) is 10.6. The second-order valence-electron chi connectivity index (χ2n) is 15.9. The smallest absolute Gasteiger partial charge is 0.164 e. The Morgan fingerprint density at radius 1 is 0.258 bits per heavy atom. The minimum absolute atomic E-state index is 0.575. The third-order valence-electron chi connectivity index (χ3n) is 12.3. The van der Waals surface area contributed by atoms with Crippen molar-refractivity contribution in [2.24, 2.45) is 0 Å². The normalized spacial score (nSPS) is 11.9.